The van der Waals surface area contributed by atoms with Gasteiger partial charge in [-0.05, 0) is 32.1 Å². The van der Waals surface area contributed by atoms with Crippen molar-refractivity contribution in [1.82, 2.24) is 25.2 Å². The fourth-order valence-corrected chi connectivity index (χ4v) is 3.14. The van der Waals surface area contributed by atoms with Gasteiger partial charge in [-0.25, -0.2) is 0 Å². The molecule has 0 bridgehead atoms. The van der Waals surface area contributed by atoms with E-state index in [1.807, 2.05) is 13.8 Å². The molecule has 2 unspecified atom stereocenters. The summed E-state index contributed by atoms with van der Waals surface area (Å²) in [5.41, 5.74) is -0.0533. The van der Waals surface area contributed by atoms with Crippen molar-refractivity contribution < 1.29 is 9.59 Å². The second kappa shape index (κ2) is 4.82. The summed E-state index contributed by atoms with van der Waals surface area (Å²) in [6.45, 7) is 4.10. The monoisotopic (exact) mass is 291 g/mol. The summed E-state index contributed by atoms with van der Waals surface area (Å²) < 4.78 is 1.60. The Morgan fingerprint density at radius 1 is 1.43 bits per heavy atom. The summed E-state index contributed by atoms with van der Waals surface area (Å²) in [6, 6.07) is -0.425. The van der Waals surface area contributed by atoms with Crippen molar-refractivity contribution in [3.8, 4) is 0 Å². The number of hydrogen-bond acceptors (Lipinski definition) is 4. The van der Waals surface area contributed by atoms with Gasteiger partial charge in [0.1, 0.15) is 17.3 Å². The molecule has 7 nitrogen and oxygen atoms in total. The fraction of sp³-hybridized carbons (Fsp3) is 0.714. The highest BCUT2D eigenvalue weighted by molar-refractivity contribution is 6.00. The number of carbonyl (C=O) groups excluding carboxylic acids is 2. The van der Waals surface area contributed by atoms with Crippen LogP contribution in [0.25, 0.3) is 0 Å². The summed E-state index contributed by atoms with van der Waals surface area (Å²) in [5, 5.41) is 10.9. The maximum atomic E-state index is 12.9. The first kappa shape index (κ1) is 14.0. The van der Waals surface area contributed by atoms with Crippen LogP contribution in [0.4, 0.5) is 0 Å². The van der Waals surface area contributed by atoms with E-state index in [0.717, 1.165) is 12.8 Å². The van der Waals surface area contributed by atoms with Gasteiger partial charge in [-0.2, -0.15) is 0 Å². The molecule has 0 radical (unpaired) electrons. The summed E-state index contributed by atoms with van der Waals surface area (Å²) in [5.74, 6) is 0.202. The van der Waals surface area contributed by atoms with E-state index in [-0.39, 0.29) is 17.7 Å². The van der Waals surface area contributed by atoms with Crippen LogP contribution in [0.1, 0.15) is 38.8 Å². The van der Waals surface area contributed by atoms with Crippen molar-refractivity contribution in [3.05, 3.63) is 11.9 Å². The van der Waals surface area contributed by atoms with Crippen molar-refractivity contribution in [3.63, 3.8) is 0 Å². The van der Waals surface area contributed by atoms with Gasteiger partial charge in [0.25, 0.3) is 0 Å². The van der Waals surface area contributed by atoms with Crippen molar-refractivity contribution in [2.24, 2.45) is 13.0 Å². The van der Waals surface area contributed by atoms with E-state index >= 15 is 0 Å². The van der Waals surface area contributed by atoms with Crippen LogP contribution in [-0.2, 0) is 23.2 Å². The molecule has 2 amide bonds. The quantitative estimate of drug-likeness (QED) is 0.860. The molecular weight excluding hydrogens is 270 g/mol. The molecule has 2 aliphatic rings. The van der Waals surface area contributed by atoms with Crippen molar-refractivity contribution in [2.45, 2.75) is 51.2 Å². The Bertz CT molecular complexity index is 580. The molecule has 1 aliphatic heterocycles. The molecule has 7 heteroatoms. The lowest BCUT2D eigenvalue weighted by Gasteiger charge is -2.44. The van der Waals surface area contributed by atoms with Crippen LogP contribution in [0.3, 0.4) is 0 Å². The summed E-state index contributed by atoms with van der Waals surface area (Å²) in [6.07, 6.45) is 4.37. The van der Waals surface area contributed by atoms with E-state index in [0.29, 0.717) is 18.7 Å². The van der Waals surface area contributed by atoms with Crippen LogP contribution in [0.15, 0.2) is 6.20 Å². The topological polar surface area (TPSA) is 80.1 Å². The maximum Gasteiger partial charge on any atom is 0.249 e. The third kappa shape index (κ3) is 2.30. The Balaban J connectivity index is 1.89. The molecule has 2 atom stereocenters. The van der Waals surface area contributed by atoms with E-state index in [2.05, 4.69) is 15.6 Å². The normalized spacial score (nSPS) is 29.7. The molecule has 1 aliphatic carbocycles. The number of aromatic nitrogens is 3. The largest absolute Gasteiger partial charge is 0.340 e. The zero-order chi connectivity index (χ0) is 15.2. The predicted octanol–water partition coefficient (Wildman–Crippen LogP) is 0.221. The minimum absolute atomic E-state index is 0.00195. The molecule has 21 heavy (non-hydrogen) atoms. The van der Waals surface area contributed by atoms with Gasteiger partial charge in [-0.1, -0.05) is 12.1 Å². The molecule has 0 aromatic carbocycles. The maximum absolute atomic E-state index is 12.9. The smallest absolute Gasteiger partial charge is 0.249 e. The zero-order valence-electron chi connectivity index (χ0n) is 12.7. The highest BCUT2D eigenvalue weighted by Gasteiger charge is 2.55. The SMILES string of the molecule is CCC1C(=O)NC(C)(C2CC2)C(=O)N1Cc1cn(C)nn1. The van der Waals surface area contributed by atoms with Crippen molar-refractivity contribution in [1.29, 1.82) is 0 Å². The number of rotatable bonds is 4. The first-order valence-corrected chi connectivity index (χ1v) is 7.44. The molecule has 1 saturated heterocycles. The Labute approximate surface area is 123 Å². The number of piperazine rings is 1. The standard InChI is InChI=1S/C14H21N5O2/c1-4-11-12(20)15-14(2,9-5-6-9)13(21)19(11)8-10-7-18(3)17-16-10/h7,9,11H,4-6,8H2,1-3H3,(H,15,20). The van der Waals surface area contributed by atoms with E-state index in [4.69, 9.17) is 0 Å². The molecule has 0 spiro atoms. The van der Waals surface area contributed by atoms with Crippen LogP contribution >= 0.6 is 0 Å². The fourth-order valence-electron chi connectivity index (χ4n) is 3.14. The molecule has 3 rings (SSSR count). The van der Waals surface area contributed by atoms with Gasteiger partial charge >= 0.3 is 0 Å². The highest BCUT2D eigenvalue weighted by atomic mass is 16.2. The predicted molar refractivity (Wildman–Crippen MR) is 74.9 cm³/mol. The molecule has 1 N–H and O–H groups in total. The molecule has 114 valence electrons. The second-order valence-electron chi connectivity index (χ2n) is 6.21. The molecule has 1 aromatic rings. The Morgan fingerprint density at radius 3 is 2.67 bits per heavy atom. The number of hydrogen-bond donors (Lipinski definition) is 1. The van der Waals surface area contributed by atoms with Crippen LogP contribution in [0, 0.1) is 5.92 Å². The lowest BCUT2D eigenvalue weighted by Crippen LogP contribution is -2.69. The van der Waals surface area contributed by atoms with Gasteiger partial charge in [-0.15, -0.1) is 5.10 Å². The minimum atomic E-state index is -0.759. The van der Waals surface area contributed by atoms with Crippen molar-refractivity contribution >= 4 is 11.8 Å². The minimum Gasteiger partial charge on any atom is -0.340 e. The summed E-state index contributed by atoms with van der Waals surface area (Å²) in [4.78, 5) is 27.0. The van der Waals surface area contributed by atoms with Crippen LogP contribution < -0.4 is 5.32 Å². The highest BCUT2D eigenvalue weighted by Crippen LogP contribution is 2.42. The molecule has 2 heterocycles. The van der Waals surface area contributed by atoms with Crippen LogP contribution in [0.2, 0.25) is 0 Å². The van der Waals surface area contributed by atoms with Gasteiger partial charge in [0.15, 0.2) is 0 Å². The molecule has 1 saturated carbocycles. The second-order valence-corrected chi connectivity index (χ2v) is 6.21. The Kier molecular flexibility index (Phi) is 3.22. The average Bonchev–Trinajstić information content (AvgIpc) is 3.21. The first-order valence-electron chi connectivity index (χ1n) is 7.44. The average molecular weight is 291 g/mol. The Morgan fingerprint density at radius 2 is 2.14 bits per heavy atom. The third-order valence-electron chi connectivity index (χ3n) is 4.53. The summed E-state index contributed by atoms with van der Waals surface area (Å²) >= 11 is 0. The number of amides is 2. The number of aryl methyl sites for hydroxylation is 1. The molecular formula is C14H21N5O2. The third-order valence-corrected chi connectivity index (χ3v) is 4.53. The van der Waals surface area contributed by atoms with Crippen LogP contribution in [0.5, 0.6) is 0 Å². The van der Waals surface area contributed by atoms with E-state index in [9.17, 15) is 9.59 Å². The molecule has 1 aromatic heterocycles. The van der Waals surface area contributed by atoms with Gasteiger partial charge in [0.05, 0.1) is 6.54 Å². The lowest BCUT2D eigenvalue weighted by molar-refractivity contribution is -0.156. The Hall–Kier alpha value is -1.92. The van der Waals surface area contributed by atoms with Gasteiger partial charge in [0.2, 0.25) is 11.8 Å². The number of nitrogens with one attached hydrogen (secondary N) is 1. The van der Waals surface area contributed by atoms with Gasteiger partial charge in [0, 0.05) is 13.2 Å². The van der Waals surface area contributed by atoms with Gasteiger partial charge in [-0.3, -0.25) is 14.3 Å². The van der Waals surface area contributed by atoms with E-state index in [1.165, 1.54) is 0 Å². The lowest BCUT2D eigenvalue weighted by atomic mass is 9.88. The summed E-state index contributed by atoms with van der Waals surface area (Å²) in [7, 11) is 1.78. The number of carbonyl (C=O) groups is 2. The van der Waals surface area contributed by atoms with Crippen molar-refractivity contribution in [2.75, 3.05) is 0 Å². The van der Waals surface area contributed by atoms with Gasteiger partial charge < -0.3 is 10.2 Å². The van der Waals surface area contributed by atoms with E-state index < -0.39 is 11.6 Å². The van der Waals surface area contributed by atoms with Crippen LogP contribution in [-0.4, -0.2) is 43.3 Å². The number of nitrogens with zero attached hydrogens (tertiary/aromatic N) is 4. The van der Waals surface area contributed by atoms with E-state index in [1.54, 1.807) is 22.8 Å². The first-order chi connectivity index (χ1) is 9.95. The zero-order valence-corrected chi connectivity index (χ0v) is 12.7. The molecule has 2 fully saturated rings.